The third-order valence-corrected chi connectivity index (χ3v) is 7.35. The van der Waals surface area contributed by atoms with Gasteiger partial charge in [-0.1, -0.05) is 61.4 Å². The van der Waals surface area contributed by atoms with E-state index in [1.165, 1.54) is 57.2 Å². The van der Waals surface area contributed by atoms with Crippen molar-refractivity contribution in [2.75, 3.05) is 25.0 Å². The fraction of sp³-hybridized carbons (Fsp3) is 0.519. The topological polar surface area (TPSA) is 44.4 Å². The fourth-order valence-corrected chi connectivity index (χ4v) is 5.82. The molecule has 2 fully saturated rings. The molecule has 2 aromatic rings. The number of amides is 1. The van der Waals surface area contributed by atoms with Gasteiger partial charge in [0.2, 0.25) is 6.41 Å². The molecule has 31 heavy (non-hydrogen) atoms. The molecule has 4 heteroatoms. The highest BCUT2D eigenvalue weighted by Crippen LogP contribution is 2.46. The van der Waals surface area contributed by atoms with E-state index in [2.05, 4.69) is 76.2 Å². The summed E-state index contributed by atoms with van der Waals surface area (Å²) in [6.45, 7) is 3.11. The number of carbonyl (C=O) groups excluding carboxylic acids is 1. The zero-order valence-corrected chi connectivity index (χ0v) is 18.6. The predicted molar refractivity (Wildman–Crippen MR) is 128 cm³/mol. The summed E-state index contributed by atoms with van der Waals surface area (Å²) in [6, 6.07) is 22.2. The number of hydrogen-bond donors (Lipinski definition) is 2. The maximum atomic E-state index is 10.8. The van der Waals surface area contributed by atoms with Gasteiger partial charge in [0, 0.05) is 30.9 Å². The van der Waals surface area contributed by atoms with Gasteiger partial charge in [-0.15, -0.1) is 0 Å². The summed E-state index contributed by atoms with van der Waals surface area (Å²) in [6.07, 6.45) is 11.1. The van der Waals surface area contributed by atoms with E-state index in [1.807, 2.05) is 0 Å². The summed E-state index contributed by atoms with van der Waals surface area (Å²) in [7, 11) is 0. The van der Waals surface area contributed by atoms with Crippen LogP contribution in [-0.4, -0.2) is 37.0 Å². The molecular formula is C27H37N3O. The van der Waals surface area contributed by atoms with Crippen molar-refractivity contribution in [2.24, 2.45) is 5.41 Å². The van der Waals surface area contributed by atoms with Crippen LogP contribution in [0.5, 0.6) is 0 Å². The van der Waals surface area contributed by atoms with Gasteiger partial charge in [-0.05, 0) is 68.2 Å². The van der Waals surface area contributed by atoms with Crippen molar-refractivity contribution in [2.45, 2.75) is 63.5 Å². The Balaban J connectivity index is 1.54. The molecule has 1 aliphatic carbocycles. The quantitative estimate of drug-likeness (QED) is 0.401. The van der Waals surface area contributed by atoms with E-state index in [1.54, 1.807) is 0 Å². The summed E-state index contributed by atoms with van der Waals surface area (Å²) in [5, 5.41) is 6.62. The lowest BCUT2D eigenvalue weighted by Gasteiger charge is -2.45. The lowest BCUT2D eigenvalue weighted by molar-refractivity contribution is -0.109. The number of rotatable bonds is 10. The average Bonchev–Trinajstić information content (AvgIpc) is 3.26. The molecule has 1 saturated carbocycles. The molecule has 2 N–H and O–H groups in total. The third-order valence-electron chi connectivity index (χ3n) is 7.35. The van der Waals surface area contributed by atoms with E-state index in [9.17, 15) is 4.79 Å². The molecule has 4 nitrogen and oxygen atoms in total. The minimum atomic E-state index is 0.293. The Bertz CT molecular complexity index is 789. The number of hydrogen-bond acceptors (Lipinski definition) is 3. The zero-order chi connectivity index (χ0) is 21.4. The van der Waals surface area contributed by atoms with E-state index >= 15 is 0 Å². The van der Waals surface area contributed by atoms with Crippen LogP contribution < -0.4 is 10.6 Å². The summed E-state index contributed by atoms with van der Waals surface area (Å²) >= 11 is 0. The van der Waals surface area contributed by atoms with Crippen LogP contribution >= 0.6 is 0 Å². The number of nitrogens with one attached hydrogen (secondary N) is 2. The molecule has 1 heterocycles. The number of benzene rings is 2. The minimum absolute atomic E-state index is 0.293. The molecule has 2 aromatic carbocycles. The van der Waals surface area contributed by atoms with Gasteiger partial charge in [0.05, 0.1) is 0 Å². The smallest absolute Gasteiger partial charge is 0.207 e. The molecule has 166 valence electrons. The van der Waals surface area contributed by atoms with Gasteiger partial charge in [-0.3, -0.25) is 9.69 Å². The molecule has 0 aromatic heterocycles. The first-order chi connectivity index (χ1) is 15.3. The molecule has 1 aliphatic heterocycles. The van der Waals surface area contributed by atoms with Crippen LogP contribution in [0, 0.1) is 5.41 Å². The highest BCUT2D eigenvalue weighted by Gasteiger charge is 2.40. The van der Waals surface area contributed by atoms with E-state index in [4.69, 9.17) is 0 Å². The van der Waals surface area contributed by atoms with Crippen LogP contribution in [0.4, 0.5) is 5.69 Å². The molecule has 1 amide bonds. The Kier molecular flexibility index (Phi) is 7.63. The highest BCUT2D eigenvalue weighted by molar-refractivity contribution is 5.46. The zero-order valence-electron chi connectivity index (χ0n) is 18.6. The Morgan fingerprint density at radius 2 is 1.61 bits per heavy atom. The maximum Gasteiger partial charge on any atom is 0.207 e. The average molecular weight is 420 g/mol. The fourth-order valence-electron chi connectivity index (χ4n) is 5.82. The Morgan fingerprint density at radius 3 is 2.32 bits per heavy atom. The van der Waals surface area contributed by atoms with E-state index in [0.717, 1.165) is 24.9 Å². The van der Waals surface area contributed by atoms with Crippen LogP contribution in [0.25, 0.3) is 0 Å². The lowest BCUT2D eigenvalue weighted by atomic mass is 9.77. The van der Waals surface area contributed by atoms with Gasteiger partial charge in [0.1, 0.15) is 0 Å². The number of anilines is 1. The highest BCUT2D eigenvalue weighted by atomic mass is 16.1. The predicted octanol–water partition coefficient (Wildman–Crippen LogP) is 5.39. The second kappa shape index (κ2) is 10.8. The van der Waals surface area contributed by atoms with Crippen LogP contribution in [0.1, 0.15) is 63.0 Å². The van der Waals surface area contributed by atoms with Crippen LogP contribution in [0.15, 0.2) is 60.7 Å². The lowest BCUT2D eigenvalue weighted by Crippen LogP contribution is -2.45. The third kappa shape index (κ3) is 5.88. The monoisotopic (exact) mass is 419 g/mol. The van der Waals surface area contributed by atoms with Gasteiger partial charge in [0.15, 0.2) is 0 Å². The number of para-hydroxylation sites is 1. The first-order valence-electron chi connectivity index (χ1n) is 12.1. The van der Waals surface area contributed by atoms with Crippen LogP contribution in [-0.2, 0) is 4.79 Å². The molecule has 4 rings (SSSR count). The molecule has 1 saturated heterocycles. The number of nitrogens with zero attached hydrogens (tertiary/aromatic N) is 1. The molecule has 2 aliphatic rings. The maximum absolute atomic E-state index is 10.8. The summed E-state index contributed by atoms with van der Waals surface area (Å²) in [4.78, 5) is 13.6. The molecule has 2 unspecified atom stereocenters. The van der Waals surface area contributed by atoms with Crippen molar-refractivity contribution in [3.8, 4) is 0 Å². The van der Waals surface area contributed by atoms with Gasteiger partial charge in [0.25, 0.3) is 0 Å². The first kappa shape index (κ1) is 21.9. The number of piperidine rings is 1. The van der Waals surface area contributed by atoms with Crippen molar-refractivity contribution in [1.29, 1.82) is 0 Å². The number of carbonyl (C=O) groups is 1. The Hall–Kier alpha value is -2.33. The normalized spacial score (nSPS) is 20.3. The van der Waals surface area contributed by atoms with Crippen molar-refractivity contribution in [3.63, 3.8) is 0 Å². The largest absolute Gasteiger partial charge is 0.382 e. The van der Waals surface area contributed by atoms with Gasteiger partial charge in [-0.2, -0.15) is 0 Å². The van der Waals surface area contributed by atoms with Crippen LogP contribution in [0.3, 0.4) is 0 Å². The summed E-state index contributed by atoms with van der Waals surface area (Å²) in [5.74, 6) is 0. The molecule has 1 spiro atoms. The van der Waals surface area contributed by atoms with Crippen molar-refractivity contribution in [3.05, 3.63) is 66.2 Å². The Labute approximate surface area is 187 Å². The van der Waals surface area contributed by atoms with Crippen molar-refractivity contribution < 1.29 is 4.79 Å². The Morgan fingerprint density at radius 1 is 0.935 bits per heavy atom. The van der Waals surface area contributed by atoms with E-state index in [0.29, 0.717) is 24.0 Å². The second-order valence-corrected chi connectivity index (χ2v) is 9.51. The summed E-state index contributed by atoms with van der Waals surface area (Å²) in [5.41, 5.74) is 3.12. The number of likely N-dealkylation sites (tertiary alicyclic amines) is 1. The minimum Gasteiger partial charge on any atom is -0.382 e. The van der Waals surface area contributed by atoms with Gasteiger partial charge >= 0.3 is 0 Å². The van der Waals surface area contributed by atoms with Crippen LogP contribution in [0.2, 0.25) is 0 Å². The van der Waals surface area contributed by atoms with Crippen molar-refractivity contribution in [1.82, 2.24) is 10.2 Å². The van der Waals surface area contributed by atoms with E-state index < -0.39 is 0 Å². The first-order valence-corrected chi connectivity index (χ1v) is 12.1. The SMILES string of the molecule is O=CNCCC(CC(c1ccccc1)N1CCCC2(CCCC2)C1)Nc1ccccc1. The molecule has 0 bridgehead atoms. The van der Waals surface area contributed by atoms with Gasteiger partial charge in [-0.25, -0.2) is 0 Å². The molecule has 0 radical (unpaired) electrons. The standard InChI is InChI=1S/C27H37N3O/c31-22-28-18-14-25(29-24-12-5-2-6-13-24)20-26(23-10-3-1-4-11-23)30-19-9-17-27(21-30)15-7-8-16-27/h1-6,10-13,22,25-26,29H,7-9,14-21H2,(H,28,31). The molecular weight excluding hydrogens is 382 g/mol. The summed E-state index contributed by atoms with van der Waals surface area (Å²) < 4.78 is 0. The van der Waals surface area contributed by atoms with E-state index in [-0.39, 0.29) is 0 Å². The van der Waals surface area contributed by atoms with Crippen molar-refractivity contribution >= 4 is 12.1 Å². The molecule has 2 atom stereocenters. The van der Waals surface area contributed by atoms with Gasteiger partial charge < -0.3 is 10.6 Å². The second-order valence-electron chi connectivity index (χ2n) is 9.51.